The Balaban J connectivity index is 2.79. The van der Waals surface area contributed by atoms with Crippen molar-refractivity contribution < 1.29 is 14.3 Å². The largest absolute Gasteiger partial charge is 0.468 e. The fraction of sp³-hybridized carbons (Fsp3) is 0.833. The van der Waals surface area contributed by atoms with Crippen molar-refractivity contribution in [3.63, 3.8) is 0 Å². The van der Waals surface area contributed by atoms with Crippen LogP contribution < -0.4 is 0 Å². The molecule has 1 aliphatic heterocycles. The number of hydrogen-bond acceptors (Lipinski definition) is 5. The average Bonchev–Trinajstić information content (AvgIpc) is 2.28. The molecule has 1 heterocycles. The number of esters is 1. The Hall–Kier alpha value is -0.160. The van der Waals surface area contributed by atoms with Gasteiger partial charge in [0, 0.05) is 16.8 Å². The van der Waals surface area contributed by atoms with Crippen molar-refractivity contribution in [3.05, 3.63) is 0 Å². The van der Waals surface area contributed by atoms with Crippen LogP contribution in [0.3, 0.4) is 0 Å². The summed E-state index contributed by atoms with van der Waals surface area (Å²) >= 11 is 3.48. The highest BCUT2D eigenvalue weighted by atomic mass is 32.2. The van der Waals surface area contributed by atoms with Gasteiger partial charge in [-0.05, 0) is 5.92 Å². The molecular formula is C12H20O3S2. The molecular weight excluding hydrogens is 256 g/mol. The molecule has 1 saturated heterocycles. The highest BCUT2D eigenvalue weighted by Crippen LogP contribution is 2.34. The van der Waals surface area contributed by atoms with Crippen LogP contribution >= 0.6 is 23.5 Å². The van der Waals surface area contributed by atoms with Crippen LogP contribution in [0.4, 0.5) is 0 Å². The zero-order valence-electron chi connectivity index (χ0n) is 10.8. The number of carbonyl (C=O) groups is 2. The third kappa shape index (κ3) is 3.65. The molecule has 0 aromatic heterocycles. The maximum Gasteiger partial charge on any atom is 0.316 e. The smallest absolute Gasteiger partial charge is 0.316 e. The lowest BCUT2D eigenvalue weighted by Crippen LogP contribution is -2.41. The molecule has 0 aliphatic carbocycles. The van der Waals surface area contributed by atoms with E-state index >= 15 is 0 Å². The van der Waals surface area contributed by atoms with Gasteiger partial charge in [0.1, 0.15) is 5.92 Å². The summed E-state index contributed by atoms with van der Waals surface area (Å²) in [4.78, 5) is 24.1. The molecule has 0 N–H and O–H groups in total. The predicted octanol–water partition coefficient (Wildman–Crippen LogP) is 2.24. The minimum absolute atomic E-state index is 0.00493. The van der Waals surface area contributed by atoms with Gasteiger partial charge in [0.15, 0.2) is 5.78 Å². The van der Waals surface area contributed by atoms with Gasteiger partial charge in [-0.1, -0.05) is 20.8 Å². The van der Waals surface area contributed by atoms with Crippen LogP contribution in [0.15, 0.2) is 0 Å². The van der Waals surface area contributed by atoms with Crippen LogP contribution in [-0.2, 0) is 14.3 Å². The molecule has 0 spiro atoms. The molecule has 0 bridgehead atoms. The van der Waals surface area contributed by atoms with Crippen molar-refractivity contribution in [2.24, 2.45) is 11.8 Å². The summed E-state index contributed by atoms with van der Waals surface area (Å²) in [5.41, 5.74) is 0. The lowest BCUT2D eigenvalue weighted by molar-refractivity contribution is -0.151. The molecule has 0 amide bonds. The van der Waals surface area contributed by atoms with Crippen LogP contribution in [0.1, 0.15) is 20.8 Å². The van der Waals surface area contributed by atoms with Gasteiger partial charge in [-0.2, -0.15) is 11.8 Å². The Kier molecular flexibility index (Phi) is 5.86. The fourth-order valence-electron chi connectivity index (χ4n) is 1.97. The lowest BCUT2D eigenvalue weighted by atomic mass is 9.89. The third-order valence-corrected chi connectivity index (χ3v) is 6.00. The van der Waals surface area contributed by atoms with Gasteiger partial charge in [0.2, 0.25) is 0 Å². The van der Waals surface area contributed by atoms with Crippen molar-refractivity contribution in [2.75, 3.05) is 18.6 Å². The Morgan fingerprint density at radius 3 is 2.29 bits per heavy atom. The summed E-state index contributed by atoms with van der Waals surface area (Å²) < 4.78 is 4.75. The van der Waals surface area contributed by atoms with Gasteiger partial charge in [-0.15, -0.1) is 11.8 Å². The number of ether oxygens (including phenoxy) is 1. The Morgan fingerprint density at radius 1 is 1.24 bits per heavy atom. The normalized spacial score (nSPS) is 26.6. The molecule has 1 rings (SSSR count). The highest BCUT2D eigenvalue weighted by Gasteiger charge is 2.39. The third-order valence-electron chi connectivity index (χ3n) is 2.90. The summed E-state index contributed by atoms with van der Waals surface area (Å²) in [7, 11) is 1.34. The van der Waals surface area contributed by atoms with Crippen molar-refractivity contribution in [1.82, 2.24) is 0 Å². The number of Topliss-reactive ketones (excluding diaryl/α,β-unsaturated/α-hetero) is 1. The molecule has 3 unspecified atom stereocenters. The molecule has 3 nitrogen and oxygen atoms in total. The summed E-state index contributed by atoms with van der Waals surface area (Å²) in [5.74, 6) is 1.09. The van der Waals surface area contributed by atoms with Crippen molar-refractivity contribution >= 4 is 35.3 Å². The zero-order valence-corrected chi connectivity index (χ0v) is 12.4. The molecule has 0 aromatic carbocycles. The maximum absolute atomic E-state index is 12.4. The quantitative estimate of drug-likeness (QED) is 0.582. The van der Waals surface area contributed by atoms with E-state index in [1.165, 1.54) is 7.11 Å². The monoisotopic (exact) mass is 276 g/mol. The molecule has 0 saturated carbocycles. The van der Waals surface area contributed by atoms with E-state index in [2.05, 4.69) is 6.92 Å². The lowest BCUT2D eigenvalue weighted by Gasteiger charge is -2.30. The Morgan fingerprint density at radius 2 is 1.82 bits per heavy atom. The second-order valence-electron chi connectivity index (χ2n) is 4.51. The van der Waals surface area contributed by atoms with E-state index in [-0.39, 0.29) is 22.2 Å². The first-order chi connectivity index (χ1) is 7.99. The van der Waals surface area contributed by atoms with Crippen LogP contribution in [0, 0.1) is 11.8 Å². The molecule has 98 valence electrons. The van der Waals surface area contributed by atoms with Gasteiger partial charge in [-0.3, -0.25) is 9.59 Å². The molecule has 1 aliphatic rings. The van der Waals surface area contributed by atoms with Crippen molar-refractivity contribution in [2.45, 2.75) is 31.3 Å². The van der Waals surface area contributed by atoms with Crippen LogP contribution in [0.2, 0.25) is 0 Å². The van der Waals surface area contributed by atoms with Gasteiger partial charge >= 0.3 is 5.97 Å². The van der Waals surface area contributed by atoms with E-state index in [9.17, 15) is 9.59 Å². The van der Waals surface area contributed by atoms with Gasteiger partial charge in [-0.25, -0.2) is 0 Å². The molecule has 0 aromatic rings. The van der Waals surface area contributed by atoms with E-state index in [4.69, 9.17) is 4.74 Å². The standard InChI is InChI=1S/C12H20O3S2/c1-7(2)9(12(14)15-4)10(13)11-8(3)16-5-6-17-11/h7-9,11H,5-6H2,1-4H3. The highest BCUT2D eigenvalue weighted by molar-refractivity contribution is 8.07. The summed E-state index contributed by atoms with van der Waals surface area (Å²) in [6.07, 6.45) is 0. The minimum atomic E-state index is -0.612. The first-order valence-corrected chi connectivity index (χ1v) is 7.93. The van der Waals surface area contributed by atoms with Crippen LogP contribution in [0.5, 0.6) is 0 Å². The fourth-order valence-corrected chi connectivity index (χ4v) is 4.72. The van der Waals surface area contributed by atoms with E-state index < -0.39 is 11.9 Å². The second kappa shape index (κ2) is 6.69. The molecule has 5 heteroatoms. The van der Waals surface area contributed by atoms with Gasteiger partial charge < -0.3 is 4.74 Å². The summed E-state index contributed by atoms with van der Waals surface area (Å²) in [6, 6.07) is 0. The number of thioether (sulfide) groups is 2. The van der Waals surface area contributed by atoms with Gasteiger partial charge in [0.25, 0.3) is 0 Å². The number of rotatable bonds is 4. The topological polar surface area (TPSA) is 43.4 Å². The van der Waals surface area contributed by atoms with Crippen molar-refractivity contribution in [1.29, 1.82) is 0 Å². The number of methoxy groups -OCH3 is 1. The first-order valence-electron chi connectivity index (χ1n) is 5.83. The second-order valence-corrected chi connectivity index (χ2v) is 7.25. The first kappa shape index (κ1) is 14.9. The minimum Gasteiger partial charge on any atom is -0.468 e. The van der Waals surface area contributed by atoms with Crippen LogP contribution in [-0.4, -0.2) is 40.9 Å². The van der Waals surface area contributed by atoms with Crippen LogP contribution in [0.25, 0.3) is 0 Å². The number of ketones is 1. The van der Waals surface area contributed by atoms with E-state index in [0.717, 1.165) is 11.5 Å². The Labute approximate surface area is 111 Å². The van der Waals surface area contributed by atoms with Gasteiger partial charge in [0.05, 0.1) is 12.4 Å². The zero-order chi connectivity index (χ0) is 13.0. The predicted molar refractivity (Wildman–Crippen MR) is 73.5 cm³/mol. The van der Waals surface area contributed by atoms with E-state index in [1.807, 2.05) is 25.6 Å². The van der Waals surface area contributed by atoms with E-state index in [1.54, 1.807) is 11.8 Å². The molecule has 3 atom stereocenters. The number of hydrogen-bond donors (Lipinski definition) is 0. The maximum atomic E-state index is 12.4. The Bertz CT molecular complexity index is 291. The average molecular weight is 276 g/mol. The number of carbonyl (C=O) groups excluding carboxylic acids is 2. The van der Waals surface area contributed by atoms with E-state index in [0.29, 0.717) is 0 Å². The van der Waals surface area contributed by atoms with Crippen molar-refractivity contribution in [3.8, 4) is 0 Å². The summed E-state index contributed by atoms with van der Waals surface area (Å²) in [6.45, 7) is 5.85. The molecule has 1 fully saturated rings. The SMILES string of the molecule is COC(=O)C(C(=O)C1SCCSC1C)C(C)C. The summed E-state index contributed by atoms with van der Waals surface area (Å²) in [5, 5.41) is 0.215. The molecule has 17 heavy (non-hydrogen) atoms. The molecule has 0 radical (unpaired) electrons.